The molecule has 2 heteroatoms. The number of rotatable bonds is 2. The summed E-state index contributed by atoms with van der Waals surface area (Å²) in [6.07, 6.45) is 12.7. The molecule has 0 aliphatic heterocycles. The van der Waals surface area contributed by atoms with Crippen molar-refractivity contribution in [2.24, 2.45) is 71.0 Å². The number of ketones is 2. The van der Waals surface area contributed by atoms with E-state index in [1.807, 2.05) is 0 Å². The van der Waals surface area contributed by atoms with Gasteiger partial charge in [-0.2, -0.15) is 0 Å². The zero-order valence-corrected chi connectivity index (χ0v) is 23.7. The largest absolute Gasteiger partial charge is 0.291 e. The fourth-order valence-corrected chi connectivity index (χ4v) is 13.5. The summed E-state index contributed by atoms with van der Waals surface area (Å²) in [7, 11) is 0. The summed E-state index contributed by atoms with van der Waals surface area (Å²) in [5.74, 6) is 8.89. The van der Waals surface area contributed by atoms with Gasteiger partial charge in [-0.15, -0.1) is 0 Å². The Kier molecular flexibility index (Phi) is 5.57. The zero-order valence-electron chi connectivity index (χ0n) is 23.7. The van der Waals surface area contributed by atoms with Gasteiger partial charge in [0.15, 0.2) is 0 Å². The van der Waals surface area contributed by atoms with Gasteiger partial charge >= 0.3 is 0 Å². The van der Waals surface area contributed by atoms with Crippen molar-refractivity contribution < 1.29 is 9.59 Å². The van der Waals surface area contributed by atoms with E-state index in [1.165, 1.54) is 44.9 Å². The van der Waals surface area contributed by atoms with Gasteiger partial charge in [0, 0.05) is 11.8 Å². The molecule has 7 aliphatic carbocycles. The van der Waals surface area contributed by atoms with Crippen LogP contribution in [0, 0.1) is 71.0 Å². The van der Waals surface area contributed by atoms with Crippen LogP contribution in [0.4, 0.5) is 0 Å². The van der Waals surface area contributed by atoms with E-state index in [2.05, 4.69) is 60.7 Å². The predicted molar refractivity (Wildman–Crippen MR) is 156 cm³/mol. The minimum absolute atomic E-state index is 0.0299. The van der Waals surface area contributed by atoms with E-state index in [0.717, 1.165) is 60.7 Å². The average molecular weight is 533 g/mol. The number of benzene rings is 2. The van der Waals surface area contributed by atoms with Crippen molar-refractivity contribution in [1.29, 1.82) is 0 Å². The van der Waals surface area contributed by atoms with Crippen molar-refractivity contribution in [2.75, 3.05) is 0 Å². The third-order valence-corrected chi connectivity index (χ3v) is 14.3. The monoisotopic (exact) mass is 532 g/mol. The zero-order chi connectivity index (χ0) is 26.5. The number of hydrogen-bond donors (Lipinski definition) is 0. The Labute approximate surface area is 239 Å². The second-order valence-electron chi connectivity index (χ2n) is 15.2. The molecule has 0 N–H and O–H groups in total. The average Bonchev–Trinajstić information content (AvgIpc) is 3.47. The summed E-state index contributed by atoms with van der Waals surface area (Å²) in [5.41, 5.74) is 3.19. The second kappa shape index (κ2) is 9.14. The fraction of sp³-hybridized carbons (Fsp3) is 0.632. The van der Waals surface area contributed by atoms with Crippen LogP contribution in [0.5, 0.6) is 0 Å². The molecule has 14 unspecified atom stereocenters. The van der Waals surface area contributed by atoms with E-state index in [-0.39, 0.29) is 23.4 Å². The Bertz CT molecular complexity index is 1300. The van der Waals surface area contributed by atoms with Crippen LogP contribution in [0.15, 0.2) is 60.7 Å². The molecular formula is C38H44O2. The van der Waals surface area contributed by atoms with Crippen LogP contribution in [-0.2, 0) is 9.59 Å². The summed E-state index contributed by atoms with van der Waals surface area (Å²) >= 11 is 0. The van der Waals surface area contributed by atoms with Gasteiger partial charge in [-0.3, -0.25) is 9.59 Å². The number of carbonyl (C=O) groups excluding carboxylic acids is 2. The molecule has 0 heterocycles. The molecule has 2 aromatic carbocycles. The number of fused-ring (bicyclic) bond motifs is 6. The molecule has 7 fully saturated rings. The lowest BCUT2D eigenvalue weighted by Crippen LogP contribution is -2.52. The van der Waals surface area contributed by atoms with Crippen molar-refractivity contribution in [3.05, 3.63) is 71.8 Å². The number of hydrogen-bond acceptors (Lipinski definition) is 2. The summed E-state index contributed by atoms with van der Waals surface area (Å²) in [5, 5.41) is 0. The summed E-state index contributed by atoms with van der Waals surface area (Å²) in [6, 6.07) is 23.2. The molecule has 9 rings (SSSR count). The number of carbonyl (C=O) groups is 2. The lowest BCUT2D eigenvalue weighted by Gasteiger charge is -2.58. The van der Waals surface area contributed by atoms with Gasteiger partial charge in [-0.25, -0.2) is 0 Å². The second-order valence-corrected chi connectivity index (χ2v) is 15.2. The molecule has 7 saturated carbocycles. The highest BCUT2D eigenvalue weighted by Crippen LogP contribution is 2.72. The lowest BCUT2D eigenvalue weighted by atomic mass is 9.46. The van der Waals surface area contributed by atoms with Crippen LogP contribution in [-0.4, -0.2) is 11.6 Å². The maximum absolute atomic E-state index is 13.3. The minimum Gasteiger partial charge on any atom is -0.291 e. The Balaban J connectivity index is 1.15. The molecule has 0 amide bonds. The van der Waals surface area contributed by atoms with E-state index >= 15 is 0 Å². The van der Waals surface area contributed by atoms with Crippen molar-refractivity contribution >= 4 is 11.6 Å². The summed E-state index contributed by atoms with van der Waals surface area (Å²) in [6.45, 7) is 0. The van der Waals surface area contributed by atoms with Crippen LogP contribution in [0.2, 0.25) is 0 Å². The first-order valence-electron chi connectivity index (χ1n) is 16.9. The highest BCUT2D eigenvalue weighted by Gasteiger charge is 2.67. The maximum atomic E-state index is 13.3. The van der Waals surface area contributed by atoms with Gasteiger partial charge in [0.05, 0.1) is 0 Å². The van der Waals surface area contributed by atoms with Crippen molar-refractivity contribution in [3.63, 3.8) is 0 Å². The summed E-state index contributed by atoms with van der Waals surface area (Å²) in [4.78, 5) is 26.4. The van der Waals surface area contributed by atoms with Crippen LogP contribution >= 0.6 is 0 Å². The molecular weight excluding hydrogens is 488 g/mol. The Hall–Kier alpha value is -2.22. The standard InChI is InChI=1S/C38H44O2/c39-37-28-16-8-14-26-29-19-31-33-25(30(29)20-32(34(26)28)38(37)40)13-7-15-27(33)35-23(21-9-3-1-4-10-21)17-18-24(36(31)35)22-11-5-2-6-12-22/h1-6,9-12,23-36H,7-8,13-20H2. The molecule has 14 atom stereocenters. The van der Waals surface area contributed by atoms with Crippen molar-refractivity contribution in [1.82, 2.24) is 0 Å². The van der Waals surface area contributed by atoms with Crippen LogP contribution < -0.4 is 0 Å². The van der Waals surface area contributed by atoms with Crippen molar-refractivity contribution in [3.8, 4) is 0 Å². The molecule has 0 spiro atoms. The van der Waals surface area contributed by atoms with E-state index < -0.39 is 0 Å². The third-order valence-electron chi connectivity index (χ3n) is 14.3. The molecule has 208 valence electrons. The van der Waals surface area contributed by atoms with Gasteiger partial charge in [0.2, 0.25) is 11.6 Å². The minimum atomic E-state index is 0.0299. The van der Waals surface area contributed by atoms with Gasteiger partial charge in [-0.05, 0) is 134 Å². The van der Waals surface area contributed by atoms with Gasteiger partial charge in [0.1, 0.15) is 0 Å². The van der Waals surface area contributed by atoms with E-state index in [9.17, 15) is 9.59 Å². The third kappa shape index (κ3) is 3.29. The molecule has 0 radical (unpaired) electrons. The van der Waals surface area contributed by atoms with Gasteiger partial charge < -0.3 is 0 Å². The quantitative estimate of drug-likeness (QED) is 0.366. The lowest BCUT2D eigenvalue weighted by molar-refractivity contribution is -0.138. The van der Waals surface area contributed by atoms with Crippen LogP contribution in [0.3, 0.4) is 0 Å². The predicted octanol–water partition coefficient (Wildman–Crippen LogP) is 8.08. The first kappa shape index (κ1) is 24.4. The van der Waals surface area contributed by atoms with E-state index in [1.54, 1.807) is 11.1 Å². The highest BCUT2D eigenvalue weighted by molar-refractivity contribution is 6.41. The molecule has 2 aromatic rings. The smallest absolute Gasteiger partial charge is 0.202 e. The molecule has 40 heavy (non-hydrogen) atoms. The molecule has 2 nitrogen and oxygen atoms in total. The van der Waals surface area contributed by atoms with E-state index in [4.69, 9.17) is 0 Å². The van der Waals surface area contributed by atoms with Crippen LogP contribution in [0.25, 0.3) is 0 Å². The molecule has 0 bridgehead atoms. The highest BCUT2D eigenvalue weighted by atomic mass is 16.2. The van der Waals surface area contributed by atoms with Crippen molar-refractivity contribution in [2.45, 2.75) is 76.0 Å². The van der Waals surface area contributed by atoms with Crippen LogP contribution in [0.1, 0.15) is 87.2 Å². The SMILES string of the molecule is O=C1C(=O)C2CC3C(CC4C5C3CCCC5C3C(c5ccccc5)CCC(c5ccccc5)C43)C3CCCC1C23. The summed E-state index contributed by atoms with van der Waals surface area (Å²) < 4.78 is 0. The molecule has 0 saturated heterocycles. The van der Waals surface area contributed by atoms with E-state index in [0.29, 0.717) is 29.6 Å². The number of Topliss-reactive ketones (excluding diaryl/α,β-unsaturated/α-hetero) is 2. The Morgan fingerprint density at radius 2 is 0.925 bits per heavy atom. The molecule has 7 aliphatic rings. The topological polar surface area (TPSA) is 34.1 Å². The molecule has 0 aromatic heterocycles. The maximum Gasteiger partial charge on any atom is 0.202 e. The Morgan fingerprint density at radius 1 is 0.400 bits per heavy atom. The first-order chi connectivity index (χ1) is 19.7. The fourth-order valence-electron chi connectivity index (χ4n) is 13.5. The normalized spacial score (nSPS) is 48.6. The van der Waals surface area contributed by atoms with Gasteiger partial charge in [-0.1, -0.05) is 73.5 Å². The Morgan fingerprint density at radius 3 is 1.60 bits per heavy atom. The first-order valence-corrected chi connectivity index (χ1v) is 16.9. The van der Waals surface area contributed by atoms with Gasteiger partial charge in [0.25, 0.3) is 0 Å².